The van der Waals surface area contributed by atoms with Crippen LogP contribution in [0.15, 0.2) is 47.7 Å². The van der Waals surface area contributed by atoms with Crippen LogP contribution in [0, 0.1) is 0 Å². The van der Waals surface area contributed by atoms with Crippen LogP contribution in [-0.2, 0) is 20.7 Å². The van der Waals surface area contributed by atoms with Crippen LogP contribution in [0.1, 0.15) is 23.8 Å². The third-order valence-corrected chi connectivity index (χ3v) is 5.65. The van der Waals surface area contributed by atoms with Crippen LogP contribution in [0.3, 0.4) is 0 Å². The highest BCUT2D eigenvalue weighted by Gasteiger charge is 2.41. The van der Waals surface area contributed by atoms with E-state index in [0.717, 1.165) is 16.9 Å². The molecule has 0 aromatic carbocycles. The van der Waals surface area contributed by atoms with Crippen molar-refractivity contribution in [3.05, 3.63) is 58.2 Å². The van der Waals surface area contributed by atoms with Crippen LogP contribution in [0.25, 0.3) is 5.57 Å². The first-order valence-corrected chi connectivity index (χ1v) is 10.3. The van der Waals surface area contributed by atoms with Crippen LogP contribution in [0.2, 0.25) is 0 Å². The zero-order valence-corrected chi connectivity index (χ0v) is 17.1. The molecular weight excluding hydrogens is 374 g/mol. The number of imide groups is 1. The van der Waals surface area contributed by atoms with Gasteiger partial charge < -0.3 is 9.64 Å². The molecule has 0 aliphatic carbocycles. The van der Waals surface area contributed by atoms with Gasteiger partial charge in [0.05, 0.1) is 5.57 Å². The highest BCUT2D eigenvalue weighted by molar-refractivity contribution is 7.11. The molecule has 6 nitrogen and oxygen atoms in total. The van der Waals surface area contributed by atoms with Gasteiger partial charge in [-0.25, -0.2) is 0 Å². The van der Waals surface area contributed by atoms with Crippen molar-refractivity contribution in [2.24, 2.45) is 0 Å². The molecule has 0 spiro atoms. The van der Waals surface area contributed by atoms with E-state index in [1.807, 2.05) is 41.5 Å². The molecule has 148 valence electrons. The number of carbonyl (C=O) groups excluding carboxylic acids is 2. The van der Waals surface area contributed by atoms with Gasteiger partial charge in [-0.15, -0.1) is 11.3 Å². The topological polar surface area (TPSA) is 62.7 Å². The Hall–Kier alpha value is -2.51. The molecule has 3 heterocycles. The number of likely N-dealkylation sites (N-methyl/N-ethyl adjacent to an activating group) is 1. The summed E-state index contributed by atoms with van der Waals surface area (Å²) in [6, 6.07) is 7.76. The van der Waals surface area contributed by atoms with Crippen LogP contribution in [0.4, 0.5) is 0 Å². The maximum absolute atomic E-state index is 13.2. The van der Waals surface area contributed by atoms with Crippen molar-refractivity contribution in [3.63, 3.8) is 0 Å². The zero-order chi connectivity index (χ0) is 19.9. The number of carbonyl (C=O) groups is 2. The van der Waals surface area contributed by atoms with E-state index in [-0.39, 0.29) is 11.8 Å². The first kappa shape index (κ1) is 20.2. The predicted octanol–water partition coefficient (Wildman–Crippen LogP) is 2.82. The third kappa shape index (κ3) is 4.31. The average Bonchev–Trinajstić information content (AvgIpc) is 3.32. The van der Waals surface area contributed by atoms with Gasteiger partial charge >= 0.3 is 0 Å². The quantitative estimate of drug-likeness (QED) is 0.454. The van der Waals surface area contributed by atoms with Crippen LogP contribution in [0.5, 0.6) is 0 Å². The highest BCUT2D eigenvalue weighted by atomic mass is 32.1. The summed E-state index contributed by atoms with van der Waals surface area (Å²) in [4.78, 5) is 34.5. The Balaban J connectivity index is 1.87. The summed E-state index contributed by atoms with van der Waals surface area (Å²) in [5.74, 6) is -0.415. The lowest BCUT2D eigenvalue weighted by molar-refractivity contribution is -0.137. The molecule has 0 saturated carbocycles. The number of pyridine rings is 1. The van der Waals surface area contributed by atoms with Gasteiger partial charge in [0.25, 0.3) is 11.8 Å². The smallest absolute Gasteiger partial charge is 0.277 e. The zero-order valence-electron chi connectivity index (χ0n) is 16.3. The third-order valence-electron chi connectivity index (χ3n) is 4.76. The maximum atomic E-state index is 13.2. The second-order valence-electron chi connectivity index (χ2n) is 6.49. The SMILES string of the molecule is CCN(CCc1ccncc1)C1=C(c2cccs2)C(=O)N(CCCOC)C1=O. The standard InChI is InChI=1S/C21H25N3O3S/c1-3-23(13-9-16-7-10-22-11-8-16)19-18(17-6-4-15-28-17)20(25)24(21(19)26)12-5-14-27-2/h4,6-8,10-11,15H,3,5,9,12-14H2,1-2H3. The van der Waals surface area contributed by atoms with E-state index in [1.165, 1.54) is 16.2 Å². The van der Waals surface area contributed by atoms with Crippen molar-refractivity contribution in [2.45, 2.75) is 19.8 Å². The molecule has 7 heteroatoms. The first-order chi connectivity index (χ1) is 13.7. The number of hydrogen-bond acceptors (Lipinski definition) is 6. The largest absolute Gasteiger partial charge is 0.385 e. The number of amides is 2. The molecule has 2 aromatic heterocycles. The fraction of sp³-hybridized carbons (Fsp3) is 0.381. The van der Waals surface area contributed by atoms with Crippen LogP contribution >= 0.6 is 11.3 Å². The lowest BCUT2D eigenvalue weighted by atomic mass is 10.1. The lowest BCUT2D eigenvalue weighted by Gasteiger charge is -2.24. The lowest BCUT2D eigenvalue weighted by Crippen LogP contribution is -2.36. The predicted molar refractivity (Wildman–Crippen MR) is 110 cm³/mol. The minimum absolute atomic E-state index is 0.207. The molecule has 1 aliphatic rings. The van der Waals surface area contributed by atoms with Crippen LogP contribution < -0.4 is 0 Å². The number of aromatic nitrogens is 1. The molecular formula is C21H25N3O3S. The molecule has 0 atom stereocenters. The molecule has 0 radical (unpaired) electrons. The summed E-state index contributed by atoms with van der Waals surface area (Å²) in [5.41, 5.74) is 2.19. The van der Waals surface area contributed by atoms with Crippen molar-refractivity contribution < 1.29 is 14.3 Å². The summed E-state index contributed by atoms with van der Waals surface area (Å²) in [6.45, 7) is 4.21. The summed E-state index contributed by atoms with van der Waals surface area (Å²) in [6.07, 6.45) is 4.94. The summed E-state index contributed by atoms with van der Waals surface area (Å²) < 4.78 is 5.08. The van der Waals surface area contributed by atoms with Gasteiger partial charge in [0, 0.05) is 50.6 Å². The summed E-state index contributed by atoms with van der Waals surface area (Å²) in [5, 5.41) is 1.93. The molecule has 2 amide bonds. The second-order valence-corrected chi connectivity index (χ2v) is 7.44. The Morgan fingerprint density at radius 2 is 1.96 bits per heavy atom. The summed E-state index contributed by atoms with van der Waals surface area (Å²) >= 11 is 1.49. The summed E-state index contributed by atoms with van der Waals surface area (Å²) in [7, 11) is 1.62. The van der Waals surface area contributed by atoms with Crippen molar-refractivity contribution >= 4 is 28.7 Å². The van der Waals surface area contributed by atoms with E-state index in [1.54, 1.807) is 19.5 Å². The van der Waals surface area contributed by atoms with Gasteiger partial charge in [0.2, 0.25) is 0 Å². The molecule has 3 rings (SSSR count). The Labute approximate surface area is 169 Å². The Morgan fingerprint density at radius 3 is 2.61 bits per heavy atom. The Morgan fingerprint density at radius 1 is 1.18 bits per heavy atom. The first-order valence-electron chi connectivity index (χ1n) is 9.44. The molecule has 0 bridgehead atoms. The molecule has 0 N–H and O–H groups in total. The van der Waals surface area contributed by atoms with E-state index in [0.29, 0.717) is 43.9 Å². The number of rotatable bonds is 10. The van der Waals surface area contributed by atoms with Gasteiger partial charge in [0.1, 0.15) is 5.70 Å². The van der Waals surface area contributed by atoms with Crippen LogP contribution in [-0.4, -0.2) is 59.9 Å². The number of ether oxygens (including phenoxy) is 1. The van der Waals surface area contributed by atoms with Gasteiger partial charge in [-0.3, -0.25) is 19.5 Å². The average molecular weight is 400 g/mol. The maximum Gasteiger partial charge on any atom is 0.277 e. The van der Waals surface area contributed by atoms with E-state index in [9.17, 15) is 9.59 Å². The fourth-order valence-corrected chi connectivity index (χ4v) is 4.07. The molecule has 1 aliphatic heterocycles. The van der Waals surface area contributed by atoms with Crippen molar-refractivity contribution in [1.82, 2.24) is 14.8 Å². The Kier molecular flexibility index (Phi) is 6.95. The van der Waals surface area contributed by atoms with Gasteiger partial charge in [-0.2, -0.15) is 0 Å². The van der Waals surface area contributed by atoms with Crippen molar-refractivity contribution in [1.29, 1.82) is 0 Å². The number of thiophene rings is 1. The van der Waals surface area contributed by atoms with E-state index >= 15 is 0 Å². The second kappa shape index (κ2) is 9.61. The number of methoxy groups -OCH3 is 1. The molecule has 0 fully saturated rings. The van der Waals surface area contributed by atoms with E-state index in [4.69, 9.17) is 4.74 Å². The normalized spacial score (nSPS) is 14.3. The van der Waals surface area contributed by atoms with Gasteiger partial charge in [-0.05, 0) is 48.9 Å². The van der Waals surface area contributed by atoms with Crippen molar-refractivity contribution in [3.8, 4) is 0 Å². The van der Waals surface area contributed by atoms with E-state index < -0.39 is 0 Å². The molecule has 2 aromatic rings. The monoisotopic (exact) mass is 399 g/mol. The van der Waals surface area contributed by atoms with E-state index in [2.05, 4.69) is 4.98 Å². The highest BCUT2D eigenvalue weighted by Crippen LogP contribution is 2.34. The molecule has 0 unspecified atom stereocenters. The van der Waals surface area contributed by atoms with Gasteiger partial charge in [-0.1, -0.05) is 6.07 Å². The van der Waals surface area contributed by atoms with Crippen molar-refractivity contribution in [2.75, 3.05) is 33.4 Å². The minimum Gasteiger partial charge on any atom is -0.385 e. The number of hydrogen-bond donors (Lipinski definition) is 0. The fourth-order valence-electron chi connectivity index (χ4n) is 3.31. The van der Waals surface area contributed by atoms with Gasteiger partial charge in [0.15, 0.2) is 0 Å². The minimum atomic E-state index is -0.207. The Bertz CT molecular complexity index is 834. The molecule has 28 heavy (non-hydrogen) atoms. The molecule has 0 saturated heterocycles. The number of nitrogens with zero attached hydrogens (tertiary/aromatic N) is 3.